The molecule has 0 unspecified atom stereocenters. The Hall–Kier alpha value is -0.120. The average molecular weight is 242 g/mol. The molecule has 1 aliphatic heterocycles. The Morgan fingerprint density at radius 3 is 2.41 bits per heavy atom. The van der Waals surface area contributed by atoms with Crippen LogP contribution in [0.1, 0.15) is 40.0 Å². The van der Waals surface area contributed by atoms with Crippen LogP contribution in [0.4, 0.5) is 0 Å². The van der Waals surface area contributed by atoms with E-state index in [1.54, 1.807) is 0 Å². The molecular weight excluding hydrogens is 212 g/mol. The molecule has 1 rings (SSSR count). The molecule has 1 fully saturated rings. The monoisotopic (exact) mass is 242 g/mol. The Morgan fingerprint density at radius 1 is 1.24 bits per heavy atom. The first kappa shape index (κ1) is 14.9. The maximum absolute atomic E-state index is 5.22. The molecule has 0 aromatic heterocycles. The number of rotatable bonds is 6. The van der Waals surface area contributed by atoms with Crippen LogP contribution in [-0.2, 0) is 4.74 Å². The van der Waals surface area contributed by atoms with Gasteiger partial charge in [-0.1, -0.05) is 0 Å². The van der Waals surface area contributed by atoms with Crippen LogP contribution in [0.25, 0.3) is 0 Å². The number of ether oxygens (including phenoxy) is 1. The van der Waals surface area contributed by atoms with Gasteiger partial charge in [0.2, 0.25) is 0 Å². The van der Waals surface area contributed by atoms with E-state index in [0.717, 1.165) is 19.1 Å². The Labute approximate surface area is 107 Å². The van der Waals surface area contributed by atoms with Gasteiger partial charge in [-0.05, 0) is 72.1 Å². The summed E-state index contributed by atoms with van der Waals surface area (Å²) in [7, 11) is 1.81. The Balaban J connectivity index is 2.02. The van der Waals surface area contributed by atoms with E-state index in [9.17, 15) is 0 Å². The highest BCUT2D eigenvalue weighted by Gasteiger charge is 2.18. The van der Waals surface area contributed by atoms with Gasteiger partial charge < -0.3 is 15.0 Å². The lowest BCUT2D eigenvalue weighted by Gasteiger charge is -2.32. The smallest absolute Gasteiger partial charge is 0.0491 e. The number of methoxy groups -OCH3 is 1. The van der Waals surface area contributed by atoms with Crippen molar-refractivity contribution in [2.45, 2.75) is 45.6 Å². The van der Waals surface area contributed by atoms with Crippen molar-refractivity contribution in [3.63, 3.8) is 0 Å². The molecule has 0 saturated carbocycles. The molecule has 17 heavy (non-hydrogen) atoms. The maximum Gasteiger partial charge on any atom is 0.0491 e. The summed E-state index contributed by atoms with van der Waals surface area (Å²) in [5.74, 6) is 0.795. The summed E-state index contributed by atoms with van der Waals surface area (Å²) in [5.41, 5.74) is 0.255. The number of nitrogens with zero attached hydrogens (tertiary/aromatic N) is 1. The lowest BCUT2D eigenvalue weighted by molar-refractivity contribution is 0.0989. The topological polar surface area (TPSA) is 24.5 Å². The molecule has 0 spiro atoms. The standard InChI is InChI=1S/C14H30N2O/c1-14(2,3)15-8-5-9-16-10-6-13(7-11-16)12-17-4/h13,15H,5-12H2,1-4H3. The molecule has 1 heterocycles. The molecule has 1 saturated heterocycles. The van der Waals surface area contributed by atoms with E-state index in [1.807, 2.05) is 7.11 Å². The number of hydrogen-bond donors (Lipinski definition) is 1. The molecule has 0 radical (unpaired) electrons. The SMILES string of the molecule is COCC1CCN(CCCNC(C)(C)C)CC1. The van der Waals surface area contributed by atoms with Crippen LogP contribution in [0.5, 0.6) is 0 Å². The van der Waals surface area contributed by atoms with Gasteiger partial charge in [-0.15, -0.1) is 0 Å². The molecular formula is C14H30N2O. The summed E-state index contributed by atoms with van der Waals surface area (Å²) < 4.78 is 5.22. The Bertz CT molecular complexity index is 193. The first-order chi connectivity index (χ1) is 8.01. The molecule has 0 bridgehead atoms. The first-order valence-corrected chi connectivity index (χ1v) is 6.97. The van der Waals surface area contributed by atoms with Gasteiger partial charge in [0.25, 0.3) is 0 Å². The molecule has 0 aromatic carbocycles. The number of nitrogens with one attached hydrogen (secondary N) is 1. The summed E-state index contributed by atoms with van der Waals surface area (Å²) in [6, 6.07) is 0. The molecule has 3 heteroatoms. The molecule has 1 aliphatic rings. The van der Waals surface area contributed by atoms with Crippen molar-refractivity contribution in [3.8, 4) is 0 Å². The predicted molar refractivity (Wildman–Crippen MR) is 73.4 cm³/mol. The van der Waals surface area contributed by atoms with E-state index in [0.29, 0.717) is 0 Å². The molecule has 0 amide bonds. The third-order valence-corrected chi connectivity index (χ3v) is 3.42. The van der Waals surface area contributed by atoms with Crippen LogP contribution >= 0.6 is 0 Å². The van der Waals surface area contributed by atoms with Crippen molar-refractivity contribution < 1.29 is 4.74 Å². The third-order valence-electron chi connectivity index (χ3n) is 3.42. The van der Waals surface area contributed by atoms with Gasteiger partial charge in [0, 0.05) is 19.3 Å². The number of hydrogen-bond acceptors (Lipinski definition) is 3. The minimum atomic E-state index is 0.255. The van der Waals surface area contributed by atoms with Gasteiger partial charge in [-0.3, -0.25) is 0 Å². The van der Waals surface area contributed by atoms with Crippen LogP contribution in [0.2, 0.25) is 0 Å². The Kier molecular flexibility index (Phi) is 6.45. The normalized spacial score (nSPS) is 19.8. The second-order valence-corrected chi connectivity index (χ2v) is 6.27. The zero-order valence-electron chi connectivity index (χ0n) is 12.1. The van der Waals surface area contributed by atoms with Gasteiger partial charge in [-0.25, -0.2) is 0 Å². The van der Waals surface area contributed by atoms with Crippen molar-refractivity contribution in [1.29, 1.82) is 0 Å². The number of piperidine rings is 1. The largest absolute Gasteiger partial charge is 0.384 e. The van der Waals surface area contributed by atoms with Gasteiger partial charge in [0.05, 0.1) is 0 Å². The fourth-order valence-electron chi connectivity index (χ4n) is 2.38. The molecule has 0 atom stereocenters. The maximum atomic E-state index is 5.22. The second kappa shape index (κ2) is 7.34. The van der Waals surface area contributed by atoms with E-state index in [1.165, 1.54) is 38.9 Å². The van der Waals surface area contributed by atoms with Crippen LogP contribution in [-0.4, -0.2) is 50.3 Å². The van der Waals surface area contributed by atoms with E-state index >= 15 is 0 Å². The second-order valence-electron chi connectivity index (χ2n) is 6.27. The minimum Gasteiger partial charge on any atom is -0.384 e. The van der Waals surface area contributed by atoms with Crippen LogP contribution in [0, 0.1) is 5.92 Å². The molecule has 0 aromatic rings. The predicted octanol–water partition coefficient (Wildman–Crippen LogP) is 2.12. The lowest BCUT2D eigenvalue weighted by atomic mass is 9.98. The zero-order chi connectivity index (χ0) is 12.7. The summed E-state index contributed by atoms with van der Waals surface area (Å²) in [5, 5.41) is 3.54. The number of likely N-dealkylation sites (tertiary alicyclic amines) is 1. The average Bonchev–Trinajstić information content (AvgIpc) is 2.26. The van der Waals surface area contributed by atoms with Gasteiger partial charge >= 0.3 is 0 Å². The van der Waals surface area contributed by atoms with Crippen LogP contribution in [0.3, 0.4) is 0 Å². The van der Waals surface area contributed by atoms with Crippen molar-refractivity contribution in [2.24, 2.45) is 5.92 Å². The fraction of sp³-hybridized carbons (Fsp3) is 1.00. The summed E-state index contributed by atoms with van der Waals surface area (Å²) in [4.78, 5) is 2.59. The summed E-state index contributed by atoms with van der Waals surface area (Å²) in [6.07, 6.45) is 3.87. The van der Waals surface area contributed by atoms with Crippen molar-refractivity contribution in [3.05, 3.63) is 0 Å². The summed E-state index contributed by atoms with van der Waals surface area (Å²) in [6.45, 7) is 12.5. The van der Waals surface area contributed by atoms with Crippen molar-refractivity contribution >= 4 is 0 Å². The molecule has 102 valence electrons. The van der Waals surface area contributed by atoms with E-state index < -0.39 is 0 Å². The zero-order valence-corrected chi connectivity index (χ0v) is 12.1. The van der Waals surface area contributed by atoms with Gasteiger partial charge in [0.15, 0.2) is 0 Å². The van der Waals surface area contributed by atoms with Gasteiger partial charge in [0.1, 0.15) is 0 Å². The minimum absolute atomic E-state index is 0.255. The van der Waals surface area contributed by atoms with Crippen molar-refractivity contribution in [2.75, 3.05) is 39.9 Å². The van der Waals surface area contributed by atoms with Crippen LogP contribution in [0.15, 0.2) is 0 Å². The highest BCUT2D eigenvalue weighted by Crippen LogP contribution is 2.17. The third kappa shape index (κ3) is 7.02. The van der Waals surface area contributed by atoms with Crippen molar-refractivity contribution in [1.82, 2.24) is 10.2 Å². The quantitative estimate of drug-likeness (QED) is 0.722. The van der Waals surface area contributed by atoms with Gasteiger partial charge in [-0.2, -0.15) is 0 Å². The Morgan fingerprint density at radius 2 is 1.88 bits per heavy atom. The molecule has 3 nitrogen and oxygen atoms in total. The highest BCUT2D eigenvalue weighted by molar-refractivity contribution is 4.74. The highest BCUT2D eigenvalue weighted by atomic mass is 16.5. The fourth-order valence-corrected chi connectivity index (χ4v) is 2.38. The van der Waals surface area contributed by atoms with Crippen LogP contribution < -0.4 is 5.32 Å². The van der Waals surface area contributed by atoms with E-state index in [-0.39, 0.29) is 5.54 Å². The molecule has 1 N–H and O–H groups in total. The molecule has 0 aliphatic carbocycles. The van der Waals surface area contributed by atoms with E-state index in [4.69, 9.17) is 4.74 Å². The van der Waals surface area contributed by atoms with E-state index in [2.05, 4.69) is 31.0 Å². The lowest BCUT2D eigenvalue weighted by Crippen LogP contribution is -2.39. The first-order valence-electron chi connectivity index (χ1n) is 6.97. The summed E-state index contributed by atoms with van der Waals surface area (Å²) >= 11 is 0.